The van der Waals surface area contributed by atoms with Gasteiger partial charge in [0.2, 0.25) is 5.95 Å². The van der Waals surface area contributed by atoms with E-state index in [1.807, 2.05) is 6.92 Å². The standard InChI is InChI=1S/C11H16N4O2S2/c1-7-5-9(10(12)18)14-11(13-7)15(2)8-3-4-19(16,17)6-8/h5,8H,3-4,6H2,1-2H3,(H2,12,18). The van der Waals surface area contributed by atoms with E-state index < -0.39 is 9.84 Å². The highest BCUT2D eigenvalue weighted by Gasteiger charge is 2.31. The quantitative estimate of drug-likeness (QED) is 0.788. The summed E-state index contributed by atoms with van der Waals surface area (Å²) in [6, 6.07) is 1.62. The minimum atomic E-state index is -2.93. The molecule has 0 amide bonds. The van der Waals surface area contributed by atoms with Crippen molar-refractivity contribution in [3.05, 3.63) is 17.5 Å². The topological polar surface area (TPSA) is 89.2 Å². The molecule has 1 saturated heterocycles. The van der Waals surface area contributed by atoms with Crippen molar-refractivity contribution in [1.29, 1.82) is 0 Å². The summed E-state index contributed by atoms with van der Waals surface area (Å²) in [4.78, 5) is 10.6. The highest BCUT2D eigenvalue weighted by molar-refractivity contribution is 7.91. The molecule has 104 valence electrons. The van der Waals surface area contributed by atoms with Gasteiger partial charge in [0.1, 0.15) is 10.7 Å². The van der Waals surface area contributed by atoms with Crippen LogP contribution in [0.3, 0.4) is 0 Å². The summed E-state index contributed by atoms with van der Waals surface area (Å²) >= 11 is 4.91. The van der Waals surface area contributed by atoms with Crippen molar-refractivity contribution in [2.24, 2.45) is 5.73 Å². The van der Waals surface area contributed by atoms with Gasteiger partial charge in [-0.25, -0.2) is 18.4 Å². The predicted molar refractivity (Wildman–Crippen MR) is 78.1 cm³/mol. The van der Waals surface area contributed by atoms with E-state index in [1.54, 1.807) is 18.0 Å². The maximum Gasteiger partial charge on any atom is 0.226 e. The second kappa shape index (κ2) is 5.01. The van der Waals surface area contributed by atoms with Crippen LogP contribution in [0.2, 0.25) is 0 Å². The molecule has 0 aliphatic carbocycles. The average Bonchev–Trinajstić information content (AvgIpc) is 2.68. The lowest BCUT2D eigenvalue weighted by molar-refractivity contribution is 0.600. The number of nitrogens with two attached hydrogens (primary N) is 1. The summed E-state index contributed by atoms with van der Waals surface area (Å²) < 4.78 is 23.0. The smallest absolute Gasteiger partial charge is 0.226 e. The van der Waals surface area contributed by atoms with Gasteiger partial charge in [-0.2, -0.15) is 0 Å². The zero-order valence-corrected chi connectivity index (χ0v) is 12.5. The summed E-state index contributed by atoms with van der Waals surface area (Å²) in [5.74, 6) is 0.823. The van der Waals surface area contributed by atoms with Gasteiger partial charge in [-0.15, -0.1) is 0 Å². The van der Waals surface area contributed by atoms with E-state index in [1.165, 1.54) is 0 Å². The van der Waals surface area contributed by atoms with Gasteiger partial charge < -0.3 is 10.6 Å². The Hall–Kier alpha value is -1.28. The molecule has 8 heteroatoms. The molecule has 1 aliphatic rings. The molecular formula is C11H16N4O2S2. The minimum Gasteiger partial charge on any atom is -0.388 e. The molecule has 1 aromatic heterocycles. The molecule has 1 aromatic rings. The fourth-order valence-electron chi connectivity index (χ4n) is 2.08. The van der Waals surface area contributed by atoms with Gasteiger partial charge in [0.25, 0.3) is 0 Å². The van der Waals surface area contributed by atoms with Gasteiger partial charge in [-0.05, 0) is 19.4 Å². The Morgan fingerprint density at radius 3 is 2.74 bits per heavy atom. The summed E-state index contributed by atoms with van der Waals surface area (Å²) in [5, 5.41) is 0. The van der Waals surface area contributed by atoms with Gasteiger partial charge in [0, 0.05) is 18.8 Å². The van der Waals surface area contributed by atoms with Crippen molar-refractivity contribution >= 4 is 33.0 Å². The maximum atomic E-state index is 11.5. The highest BCUT2D eigenvalue weighted by Crippen LogP contribution is 2.20. The van der Waals surface area contributed by atoms with Crippen molar-refractivity contribution in [3.63, 3.8) is 0 Å². The molecule has 1 fully saturated rings. The molecule has 1 atom stereocenters. The molecule has 6 nitrogen and oxygen atoms in total. The first-order valence-electron chi connectivity index (χ1n) is 5.87. The van der Waals surface area contributed by atoms with Gasteiger partial charge >= 0.3 is 0 Å². The van der Waals surface area contributed by atoms with E-state index in [0.29, 0.717) is 18.1 Å². The number of aryl methyl sites for hydroxylation is 1. The van der Waals surface area contributed by atoms with Crippen LogP contribution in [0.5, 0.6) is 0 Å². The first-order chi connectivity index (χ1) is 8.78. The van der Waals surface area contributed by atoms with Gasteiger partial charge in [0.05, 0.1) is 11.5 Å². The molecule has 2 rings (SSSR count). The Morgan fingerprint density at radius 2 is 2.21 bits per heavy atom. The van der Waals surface area contributed by atoms with Gasteiger partial charge in [0.15, 0.2) is 9.84 Å². The van der Waals surface area contributed by atoms with Crippen LogP contribution >= 0.6 is 12.2 Å². The zero-order chi connectivity index (χ0) is 14.2. The van der Waals surface area contributed by atoms with Crippen LogP contribution < -0.4 is 10.6 Å². The first kappa shape index (κ1) is 14.1. The number of nitrogens with zero attached hydrogens (tertiary/aromatic N) is 3. The number of hydrogen-bond donors (Lipinski definition) is 1. The lowest BCUT2D eigenvalue weighted by atomic mass is 10.2. The maximum absolute atomic E-state index is 11.5. The lowest BCUT2D eigenvalue weighted by Crippen LogP contribution is -2.34. The molecule has 0 radical (unpaired) electrons. The van der Waals surface area contributed by atoms with E-state index in [9.17, 15) is 8.42 Å². The molecule has 2 N–H and O–H groups in total. The first-order valence-corrected chi connectivity index (χ1v) is 8.10. The number of hydrogen-bond acceptors (Lipinski definition) is 6. The van der Waals surface area contributed by atoms with Crippen LogP contribution in [0.15, 0.2) is 6.07 Å². The van der Waals surface area contributed by atoms with E-state index in [0.717, 1.165) is 5.69 Å². The molecule has 1 aliphatic heterocycles. The summed E-state index contributed by atoms with van der Waals surface area (Å²) in [7, 11) is -1.14. The normalized spacial score (nSPS) is 21.3. The van der Waals surface area contributed by atoms with Crippen LogP contribution in [0, 0.1) is 6.92 Å². The van der Waals surface area contributed by atoms with Crippen LogP contribution in [0.25, 0.3) is 0 Å². The minimum absolute atomic E-state index is 0.0917. The molecule has 1 unspecified atom stereocenters. The molecule has 0 bridgehead atoms. The number of anilines is 1. The van der Waals surface area contributed by atoms with Crippen molar-refractivity contribution < 1.29 is 8.42 Å². The van der Waals surface area contributed by atoms with Gasteiger partial charge in [-0.1, -0.05) is 12.2 Å². The Labute approximate surface area is 118 Å². The number of sulfone groups is 1. The second-order valence-electron chi connectivity index (χ2n) is 4.73. The summed E-state index contributed by atoms with van der Waals surface area (Å²) in [6.07, 6.45) is 0.596. The predicted octanol–water partition coefficient (Wildman–Crippen LogP) is 0.0425. The van der Waals surface area contributed by atoms with Crippen molar-refractivity contribution in [2.45, 2.75) is 19.4 Å². The number of thiocarbonyl (C=S) groups is 1. The average molecular weight is 300 g/mol. The Balaban J connectivity index is 2.29. The Morgan fingerprint density at radius 1 is 1.53 bits per heavy atom. The molecule has 0 saturated carbocycles. The fraction of sp³-hybridized carbons (Fsp3) is 0.545. The number of aromatic nitrogens is 2. The van der Waals surface area contributed by atoms with Gasteiger partial charge in [-0.3, -0.25) is 0 Å². The third-order valence-electron chi connectivity index (χ3n) is 3.17. The third-order valence-corrected chi connectivity index (χ3v) is 5.13. The second-order valence-corrected chi connectivity index (χ2v) is 7.40. The van der Waals surface area contributed by atoms with Crippen molar-refractivity contribution in [1.82, 2.24) is 9.97 Å². The van der Waals surface area contributed by atoms with Crippen LogP contribution in [0.4, 0.5) is 5.95 Å². The zero-order valence-electron chi connectivity index (χ0n) is 10.8. The summed E-state index contributed by atoms with van der Waals surface area (Å²) in [5.41, 5.74) is 6.83. The third kappa shape index (κ3) is 3.19. The molecule has 0 aromatic carbocycles. The van der Waals surface area contributed by atoms with E-state index in [-0.39, 0.29) is 22.5 Å². The van der Waals surface area contributed by atoms with E-state index in [2.05, 4.69) is 9.97 Å². The molecule has 19 heavy (non-hydrogen) atoms. The highest BCUT2D eigenvalue weighted by atomic mass is 32.2. The van der Waals surface area contributed by atoms with Crippen LogP contribution in [0.1, 0.15) is 17.8 Å². The van der Waals surface area contributed by atoms with Crippen LogP contribution in [-0.2, 0) is 9.84 Å². The van der Waals surface area contributed by atoms with Crippen molar-refractivity contribution in [3.8, 4) is 0 Å². The SMILES string of the molecule is Cc1cc(C(N)=S)nc(N(C)C2CCS(=O)(=O)C2)n1. The van der Waals surface area contributed by atoms with E-state index in [4.69, 9.17) is 18.0 Å². The van der Waals surface area contributed by atoms with Crippen molar-refractivity contribution in [2.75, 3.05) is 23.5 Å². The largest absolute Gasteiger partial charge is 0.388 e. The molecule has 2 heterocycles. The fourth-order valence-corrected chi connectivity index (χ4v) is 3.96. The van der Waals surface area contributed by atoms with Crippen LogP contribution in [-0.4, -0.2) is 48.0 Å². The molecule has 0 spiro atoms. The monoisotopic (exact) mass is 300 g/mol. The molecular weight excluding hydrogens is 284 g/mol. The summed E-state index contributed by atoms with van der Waals surface area (Å²) in [6.45, 7) is 1.83. The number of rotatable bonds is 3. The lowest BCUT2D eigenvalue weighted by Gasteiger charge is -2.23. The Bertz CT molecular complexity index is 615. The Kier molecular flexibility index (Phi) is 3.73. The van der Waals surface area contributed by atoms with E-state index >= 15 is 0 Å².